The summed E-state index contributed by atoms with van der Waals surface area (Å²) in [6.45, 7) is 0. The summed E-state index contributed by atoms with van der Waals surface area (Å²) in [6, 6.07) is 0. The molecule has 48 valence electrons. The second-order valence-electron chi connectivity index (χ2n) is 1.60. The minimum absolute atomic E-state index is 1.00. The monoisotopic (exact) mass is 148 g/mol. The van der Waals surface area contributed by atoms with Gasteiger partial charge < -0.3 is 0 Å². The quantitative estimate of drug-likeness (QED) is 0.444. The van der Waals surface area contributed by atoms with Crippen LogP contribution in [0.25, 0.3) is 0 Å². The standard InChI is InChI=1S/C6H12S2/c7-5-3-1-2-4-6-8/h3,5,7-8H,1-2,4,6H2/b5-3+. The third-order valence-corrected chi connectivity index (χ3v) is 1.41. The molecule has 0 N–H and O–H groups in total. The lowest BCUT2D eigenvalue weighted by molar-refractivity contribution is 0.825. The van der Waals surface area contributed by atoms with Crippen LogP contribution in [0.1, 0.15) is 19.3 Å². The Morgan fingerprint density at radius 3 is 2.50 bits per heavy atom. The van der Waals surface area contributed by atoms with Crippen LogP contribution in [-0.4, -0.2) is 5.75 Å². The highest BCUT2D eigenvalue weighted by Crippen LogP contribution is 1.97. The largest absolute Gasteiger partial charge is 0.179 e. The number of hydrogen-bond donors (Lipinski definition) is 2. The first-order valence-electron chi connectivity index (χ1n) is 2.82. The zero-order chi connectivity index (χ0) is 6.24. The zero-order valence-electron chi connectivity index (χ0n) is 4.88. The Morgan fingerprint density at radius 1 is 1.25 bits per heavy atom. The van der Waals surface area contributed by atoms with Crippen LogP contribution in [0.2, 0.25) is 0 Å². The van der Waals surface area contributed by atoms with Gasteiger partial charge in [-0.3, -0.25) is 0 Å². The molecule has 0 amide bonds. The molecule has 0 bridgehead atoms. The molecule has 0 spiro atoms. The van der Waals surface area contributed by atoms with E-state index < -0.39 is 0 Å². The first-order valence-corrected chi connectivity index (χ1v) is 3.96. The fraction of sp³-hybridized carbons (Fsp3) is 0.667. The van der Waals surface area contributed by atoms with Crippen molar-refractivity contribution >= 4 is 25.3 Å². The molecule has 0 aromatic rings. The number of rotatable bonds is 4. The third kappa shape index (κ3) is 6.44. The molecule has 0 atom stereocenters. The predicted octanol–water partition coefficient (Wildman–Crippen LogP) is 2.53. The maximum atomic E-state index is 4.08. The fourth-order valence-electron chi connectivity index (χ4n) is 0.449. The van der Waals surface area contributed by atoms with Crippen molar-refractivity contribution in [1.29, 1.82) is 0 Å². The Kier molecular flexibility index (Phi) is 7.85. The maximum absolute atomic E-state index is 4.08. The van der Waals surface area contributed by atoms with Crippen LogP contribution >= 0.6 is 25.3 Å². The Balaban J connectivity index is 2.72. The Hall–Kier alpha value is 0.440. The average Bonchev–Trinajstić information content (AvgIpc) is 1.81. The van der Waals surface area contributed by atoms with Crippen LogP contribution in [0.5, 0.6) is 0 Å². The van der Waals surface area contributed by atoms with Crippen molar-refractivity contribution in [3.05, 3.63) is 11.5 Å². The molecule has 0 aliphatic carbocycles. The summed E-state index contributed by atoms with van der Waals surface area (Å²) in [5.74, 6) is 1.00. The molecular weight excluding hydrogens is 136 g/mol. The van der Waals surface area contributed by atoms with Crippen molar-refractivity contribution in [3.8, 4) is 0 Å². The van der Waals surface area contributed by atoms with E-state index in [1.165, 1.54) is 12.8 Å². The van der Waals surface area contributed by atoms with Gasteiger partial charge in [0, 0.05) is 0 Å². The van der Waals surface area contributed by atoms with Crippen molar-refractivity contribution in [3.63, 3.8) is 0 Å². The predicted molar refractivity (Wildman–Crippen MR) is 45.8 cm³/mol. The summed E-state index contributed by atoms with van der Waals surface area (Å²) in [4.78, 5) is 0. The lowest BCUT2D eigenvalue weighted by atomic mass is 10.2. The van der Waals surface area contributed by atoms with E-state index in [4.69, 9.17) is 0 Å². The molecule has 0 aromatic carbocycles. The van der Waals surface area contributed by atoms with Crippen LogP contribution in [0.3, 0.4) is 0 Å². The smallest absolute Gasteiger partial charge is 0.00978 e. The van der Waals surface area contributed by atoms with Gasteiger partial charge in [-0.2, -0.15) is 25.3 Å². The van der Waals surface area contributed by atoms with Gasteiger partial charge in [0.25, 0.3) is 0 Å². The molecule has 0 nitrogen and oxygen atoms in total. The third-order valence-electron chi connectivity index (χ3n) is 0.884. The lowest BCUT2D eigenvalue weighted by Gasteiger charge is -1.88. The van der Waals surface area contributed by atoms with Crippen molar-refractivity contribution in [1.82, 2.24) is 0 Å². The highest BCUT2D eigenvalue weighted by Gasteiger charge is 1.79. The molecule has 0 aliphatic rings. The summed E-state index contributed by atoms with van der Waals surface area (Å²) in [7, 11) is 0. The summed E-state index contributed by atoms with van der Waals surface area (Å²) in [6.07, 6.45) is 5.65. The van der Waals surface area contributed by atoms with Gasteiger partial charge in [0.1, 0.15) is 0 Å². The van der Waals surface area contributed by atoms with Crippen LogP contribution in [-0.2, 0) is 0 Å². The van der Waals surface area contributed by atoms with Crippen LogP contribution in [0.4, 0.5) is 0 Å². The molecule has 0 saturated carbocycles. The average molecular weight is 148 g/mol. The topological polar surface area (TPSA) is 0 Å². The van der Waals surface area contributed by atoms with Crippen molar-refractivity contribution in [2.75, 3.05) is 5.75 Å². The Morgan fingerprint density at radius 2 is 2.00 bits per heavy atom. The first-order chi connectivity index (χ1) is 3.91. The second-order valence-corrected chi connectivity index (χ2v) is 2.35. The molecule has 0 saturated heterocycles. The van der Waals surface area contributed by atoms with Gasteiger partial charge in [0.15, 0.2) is 0 Å². The fourth-order valence-corrected chi connectivity index (χ4v) is 0.821. The van der Waals surface area contributed by atoms with E-state index in [1.807, 2.05) is 0 Å². The number of unbranched alkanes of at least 4 members (excludes halogenated alkanes) is 2. The van der Waals surface area contributed by atoms with Gasteiger partial charge >= 0.3 is 0 Å². The lowest BCUT2D eigenvalue weighted by Crippen LogP contribution is -1.72. The van der Waals surface area contributed by atoms with E-state index in [-0.39, 0.29) is 0 Å². The van der Waals surface area contributed by atoms with Crippen LogP contribution in [0, 0.1) is 0 Å². The highest BCUT2D eigenvalue weighted by molar-refractivity contribution is 7.83. The van der Waals surface area contributed by atoms with E-state index in [0.717, 1.165) is 12.2 Å². The minimum Gasteiger partial charge on any atom is -0.179 e. The minimum atomic E-state index is 1.00. The molecule has 0 rings (SSSR count). The summed E-state index contributed by atoms with van der Waals surface area (Å²) in [5.41, 5.74) is 0. The van der Waals surface area contributed by atoms with Gasteiger partial charge in [0.2, 0.25) is 0 Å². The molecule has 0 fully saturated rings. The van der Waals surface area contributed by atoms with E-state index in [2.05, 4.69) is 31.3 Å². The summed E-state index contributed by atoms with van der Waals surface area (Å²) >= 11 is 8.00. The molecule has 8 heavy (non-hydrogen) atoms. The van der Waals surface area contributed by atoms with Crippen molar-refractivity contribution in [2.24, 2.45) is 0 Å². The number of hydrogen-bond acceptors (Lipinski definition) is 2. The maximum Gasteiger partial charge on any atom is -0.00978 e. The molecule has 0 aliphatic heterocycles. The van der Waals surface area contributed by atoms with Crippen molar-refractivity contribution < 1.29 is 0 Å². The van der Waals surface area contributed by atoms with Gasteiger partial charge in [-0.05, 0) is 30.4 Å². The van der Waals surface area contributed by atoms with E-state index in [1.54, 1.807) is 5.41 Å². The Bertz CT molecular complexity index is 59.5. The summed E-state index contributed by atoms with van der Waals surface area (Å²) in [5, 5.41) is 1.79. The van der Waals surface area contributed by atoms with Crippen LogP contribution < -0.4 is 0 Å². The second kappa shape index (κ2) is 7.44. The molecule has 0 aromatic heterocycles. The van der Waals surface area contributed by atoms with Gasteiger partial charge in [0.05, 0.1) is 0 Å². The Labute approximate surface area is 62.2 Å². The summed E-state index contributed by atoms with van der Waals surface area (Å²) < 4.78 is 0. The van der Waals surface area contributed by atoms with E-state index in [0.29, 0.717) is 0 Å². The first kappa shape index (κ1) is 8.44. The molecular formula is C6H12S2. The molecule has 0 radical (unpaired) electrons. The van der Waals surface area contributed by atoms with E-state index >= 15 is 0 Å². The molecule has 0 heterocycles. The molecule has 0 unspecified atom stereocenters. The van der Waals surface area contributed by atoms with Crippen LogP contribution in [0.15, 0.2) is 11.5 Å². The highest BCUT2D eigenvalue weighted by atomic mass is 32.1. The van der Waals surface area contributed by atoms with Crippen molar-refractivity contribution in [2.45, 2.75) is 19.3 Å². The molecule has 2 heteroatoms. The van der Waals surface area contributed by atoms with Gasteiger partial charge in [-0.25, -0.2) is 0 Å². The SMILES string of the molecule is S/C=C/CCCCS. The number of allylic oxidation sites excluding steroid dienone is 1. The number of thiol groups is 2. The van der Waals surface area contributed by atoms with Gasteiger partial charge in [-0.15, -0.1) is 0 Å². The van der Waals surface area contributed by atoms with Gasteiger partial charge in [-0.1, -0.05) is 6.08 Å². The normalized spacial score (nSPS) is 10.8. The zero-order valence-corrected chi connectivity index (χ0v) is 6.67. The van der Waals surface area contributed by atoms with E-state index in [9.17, 15) is 0 Å².